The van der Waals surface area contributed by atoms with E-state index in [2.05, 4.69) is 36.2 Å². The predicted octanol–water partition coefficient (Wildman–Crippen LogP) is 2.00. The highest BCUT2D eigenvalue weighted by atomic mass is 16.3. The van der Waals surface area contributed by atoms with Gasteiger partial charge in [-0.3, -0.25) is 0 Å². The van der Waals surface area contributed by atoms with Crippen molar-refractivity contribution >= 4 is 5.69 Å². The first kappa shape index (κ1) is 13.4. The van der Waals surface area contributed by atoms with E-state index in [0.29, 0.717) is 5.92 Å². The molecule has 100 valence electrons. The van der Waals surface area contributed by atoms with Crippen LogP contribution in [0.4, 0.5) is 5.69 Å². The Morgan fingerprint density at radius 2 is 2.11 bits per heavy atom. The van der Waals surface area contributed by atoms with Gasteiger partial charge in [-0.25, -0.2) is 0 Å². The molecule has 2 rings (SSSR count). The molecule has 3 nitrogen and oxygen atoms in total. The quantitative estimate of drug-likeness (QED) is 0.838. The van der Waals surface area contributed by atoms with Gasteiger partial charge in [-0.05, 0) is 37.3 Å². The van der Waals surface area contributed by atoms with Crippen LogP contribution in [0.1, 0.15) is 25.7 Å². The van der Waals surface area contributed by atoms with Crippen LogP contribution in [0.15, 0.2) is 30.3 Å². The molecule has 1 aromatic carbocycles. The molecule has 0 aliphatic heterocycles. The highest BCUT2D eigenvalue weighted by molar-refractivity contribution is 5.44. The van der Waals surface area contributed by atoms with E-state index < -0.39 is 0 Å². The summed E-state index contributed by atoms with van der Waals surface area (Å²) in [7, 11) is 2.11. The van der Waals surface area contributed by atoms with Gasteiger partial charge in [0.1, 0.15) is 0 Å². The number of nitrogens with zero attached hydrogens (tertiary/aromatic N) is 1. The van der Waals surface area contributed by atoms with E-state index >= 15 is 0 Å². The van der Waals surface area contributed by atoms with Crippen molar-refractivity contribution < 1.29 is 5.11 Å². The van der Waals surface area contributed by atoms with Gasteiger partial charge in [-0.2, -0.15) is 0 Å². The Bertz CT molecular complexity index is 368. The summed E-state index contributed by atoms with van der Waals surface area (Å²) in [5, 5.41) is 9.44. The van der Waals surface area contributed by atoms with Crippen LogP contribution in [0.2, 0.25) is 0 Å². The number of rotatable bonds is 5. The second kappa shape index (κ2) is 5.72. The number of aliphatic hydroxyl groups is 1. The molecule has 0 bridgehead atoms. The second-order valence-electron chi connectivity index (χ2n) is 5.53. The van der Waals surface area contributed by atoms with Crippen LogP contribution in [-0.2, 0) is 0 Å². The summed E-state index contributed by atoms with van der Waals surface area (Å²) in [6.07, 6.45) is 4.32. The zero-order valence-electron chi connectivity index (χ0n) is 11.2. The third kappa shape index (κ3) is 2.85. The Hall–Kier alpha value is -1.06. The number of hydrogen-bond donors (Lipinski definition) is 2. The molecule has 3 N–H and O–H groups in total. The maximum atomic E-state index is 9.44. The fraction of sp³-hybridized carbons (Fsp3) is 0.600. The van der Waals surface area contributed by atoms with Crippen molar-refractivity contribution in [2.75, 3.05) is 25.1 Å². The summed E-state index contributed by atoms with van der Waals surface area (Å²) in [6.45, 7) is 1.11. The Labute approximate surface area is 110 Å². The first-order chi connectivity index (χ1) is 8.65. The Morgan fingerprint density at radius 3 is 2.78 bits per heavy atom. The van der Waals surface area contributed by atoms with Crippen LogP contribution in [0.25, 0.3) is 0 Å². The van der Waals surface area contributed by atoms with Gasteiger partial charge in [0, 0.05) is 24.8 Å². The van der Waals surface area contributed by atoms with Crippen LogP contribution >= 0.6 is 0 Å². The smallest absolute Gasteiger partial charge is 0.0613 e. The molecule has 0 saturated heterocycles. The van der Waals surface area contributed by atoms with Crippen molar-refractivity contribution in [2.45, 2.75) is 31.2 Å². The Kier molecular flexibility index (Phi) is 4.25. The van der Waals surface area contributed by atoms with E-state index in [9.17, 15) is 5.11 Å². The maximum Gasteiger partial charge on any atom is 0.0613 e. The van der Waals surface area contributed by atoms with Crippen LogP contribution in [0.3, 0.4) is 0 Å². The van der Waals surface area contributed by atoms with Crippen molar-refractivity contribution in [1.82, 2.24) is 0 Å². The molecular formula is C15H24N2O. The SMILES string of the molecule is CN(CCC1CCCC1(N)CO)c1ccccc1. The Balaban J connectivity index is 1.88. The van der Waals surface area contributed by atoms with Crippen molar-refractivity contribution in [2.24, 2.45) is 11.7 Å². The molecule has 1 aliphatic rings. The first-order valence-corrected chi connectivity index (χ1v) is 6.81. The molecule has 0 aromatic heterocycles. The van der Waals surface area contributed by atoms with E-state index in [1.807, 2.05) is 6.07 Å². The van der Waals surface area contributed by atoms with E-state index in [4.69, 9.17) is 5.73 Å². The summed E-state index contributed by atoms with van der Waals surface area (Å²) < 4.78 is 0. The van der Waals surface area contributed by atoms with Gasteiger partial charge in [0.15, 0.2) is 0 Å². The van der Waals surface area contributed by atoms with Crippen LogP contribution in [0, 0.1) is 5.92 Å². The van der Waals surface area contributed by atoms with Crippen molar-refractivity contribution in [3.63, 3.8) is 0 Å². The number of para-hydroxylation sites is 1. The normalized spacial score (nSPS) is 27.4. The average molecular weight is 248 g/mol. The number of anilines is 1. The predicted molar refractivity (Wildman–Crippen MR) is 75.7 cm³/mol. The maximum absolute atomic E-state index is 9.44. The topological polar surface area (TPSA) is 49.5 Å². The fourth-order valence-corrected chi connectivity index (χ4v) is 2.97. The minimum Gasteiger partial charge on any atom is -0.394 e. The van der Waals surface area contributed by atoms with Crippen molar-refractivity contribution in [3.8, 4) is 0 Å². The van der Waals surface area contributed by atoms with Gasteiger partial charge in [-0.15, -0.1) is 0 Å². The Morgan fingerprint density at radius 1 is 1.39 bits per heavy atom. The molecule has 0 amide bonds. The molecule has 1 saturated carbocycles. The molecule has 1 aliphatic carbocycles. The van der Waals surface area contributed by atoms with Gasteiger partial charge < -0.3 is 15.7 Å². The number of nitrogens with two attached hydrogens (primary N) is 1. The summed E-state index contributed by atoms with van der Waals surface area (Å²) in [5.41, 5.74) is 7.16. The van der Waals surface area contributed by atoms with Gasteiger partial charge in [0.25, 0.3) is 0 Å². The molecular weight excluding hydrogens is 224 g/mol. The van der Waals surface area contributed by atoms with Crippen LogP contribution in [0.5, 0.6) is 0 Å². The molecule has 0 radical (unpaired) electrons. The van der Waals surface area contributed by atoms with E-state index in [1.165, 1.54) is 5.69 Å². The lowest BCUT2D eigenvalue weighted by Crippen LogP contribution is -2.47. The number of benzene rings is 1. The standard InChI is InChI=1S/C15H24N2O/c1-17(14-7-3-2-4-8-14)11-9-13-6-5-10-15(13,16)12-18/h2-4,7-8,13,18H,5-6,9-12,16H2,1H3. The van der Waals surface area contributed by atoms with Crippen LogP contribution in [-0.4, -0.2) is 30.8 Å². The molecule has 0 heterocycles. The number of aliphatic hydroxyl groups excluding tert-OH is 1. The monoisotopic (exact) mass is 248 g/mol. The molecule has 1 fully saturated rings. The lowest BCUT2D eigenvalue weighted by molar-refractivity contribution is 0.156. The second-order valence-corrected chi connectivity index (χ2v) is 5.53. The zero-order chi connectivity index (χ0) is 13.0. The minimum absolute atomic E-state index is 0.118. The largest absolute Gasteiger partial charge is 0.394 e. The summed E-state index contributed by atoms with van der Waals surface area (Å²) in [6, 6.07) is 10.4. The molecule has 18 heavy (non-hydrogen) atoms. The third-order valence-corrected chi connectivity index (χ3v) is 4.31. The first-order valence-electron chi connectivity index (χ1n) is 6.81. The molecule has 2 unspecified atom stereocenters. The minimum atomic E-state index is -0.336. The molecule has 3 heteroatoms. The zero-order valence-corrected chi connectivity index (χ0v) is 11.2. The summed E-state index contributed by atoms with van der Waals surface area (Å²) in [5.74, 6) is 0.452. The lowest BCUT2D eigenvalue weighted by atomic mass is 9.86. The lowest BCUT2D eigenvalue weighted by Gasteiger charge is -2.31. The summed E-state index contributed by atoms with van der Waals surface area (Å²) >= 11 is 0. The van der Waals surface area contributed by atoms with E-state index in [0.717, 1.165) is 32.2 Å². The van der Waals surface area contributed by atoms with E-state index in [-0.39, 0.29) is 12.1 Å². The highest BCUT2D eigenvalue weighted by Crippen LogP contribution is 2.35. The highest BCUT2D eigenvalue weighted by Gasteiger charge is 2.38. The fourth-order valence-electron chi connectivity index (χ4n) is 2.97. The van der Waals surface area contributed by atoms with Crippen molar-refractivity contribution in [3.05, 3.63) is 30.3 Å². The van der Waals surface area contributed by atoms with Gasteiger partial charge in [-0.1, -0.05) is 24.6 Å². The van der Waals surface area contributed by atoms with Crippen LogP contribution < -0.4 is 10.6 Å². The summed E-state index contributed by atoms with van der Waals surface area (Å²) in [4.78, 5) is 2.26. The molecule has 0 spiro atoms. The molecule has 1 aromatic rings. The van der Waals surface area contributed by atoms with Gasteiger partial charge in [0.05, 0.1) is 6.61 Å². The van der Waals surface area contributed by atoms with Gasteiger partial charge >= 0.3 is 0 Å². The van der Waals surface area contributed by atoms with E-state index in [1.54, 1.807) is 0 Å². The van der Waals surface area contributed by atoms with Crippen molar-refractivity contribution in [1.29, 1.82) is 0 Å². The number of hydrogen-bond acceptors (Lipinski definition) is 3. The third-order valence-electron chi connectivity index (χ3n) is 4.31. The molecule has 2 atom stereocenters. The average Bonchev–Trinajstić information content (AvgIpc) is 2.79. The van der Waals surface area contributed by atoms with Gasteiger partial charge in [0.2, 0.25) is 0 Å².